The number of anilines is 2. The number of carbonyl (C=O) groups is 2. The van der Waals surface area contributed by atoms with E-state index in [1.54, 1.807) is 45.0 Å². The summed E-state index contributed by atoms with van der Waals surface area (Å²) in [6, 6.07) is 12.0. The first-order chi connectivity index (χ1) is 17.3. The molecule has 0 spiro atoms. The van der Waals surface area contributed by atoms with E-state index in [9.17, 15) is 22.8 Å². The zero-order chi connectivity index (χ0) is 27.2. The summed E-state index contributed by atoms with van der Waals surface area (Å²) in [4.78, 5) is 28.2. The summed E-state index contributed by atoms with van der Waals surface area (Å²) < 4.78 is 50.8. The molecule has 2 aromatic carbocycles. The minimum Gasteiger partial charge on any atom is -0.457 e. The van der Waals surface area contributed by atoms with Gasteiger partial charge in [0.15, 0.2) is 0 Å². The molecule has 2 N–H and O–H groups in total. The lowest BCUT2D eigenvalue weighted by Gasteiger charge is -2.17. The first kappa shape index (κ1) is 27.5. The standard InChI is InChI=1S/C26H23ClF3N3O4/c1-25(2,3)37-22(34)12-9-17-15-19(13-14-31-17)36-18-10-7-16(8-11-18)32-24(35)33-21-6-4-5-20(27)23(21)26(28,29)30/h4-15H,1-3H3,(H2,32,33,35)/b12-9+. The van der Waals surface area contributed by atoms with Gasteiger partial charge in [-0.2, -0.15) is 13.2 Å². The summed E-state index contributed by atoms with van der Waals surface area (Å²) in [6.45, 7) is 5.30. The molecule has 11 heteroatoms. The highest BCUT2D eigenvalue weighted by Crippen LogP contribution is 2.39. The minimum atomic E-state index is -4.74. The van der Waals surface area contributed by atoms with Crippen LogP contribution in [-0.4, -0.2) is 22.6 Å². The van der Waals surface area contributed by atoms with E-state index in [4.69, 9.17) is 21.1 Å². The number of esters is 1. The van der Waals surface area contributed by atoms with Crippen LogP contribution >= 0.6 is 11.6 Å². The molecule has 0 aliphatic heterocycles. The largest absolute Gasteiger partial charge is 0.457 e. The van der Waals surface area contributed by atoms with Gasteiger partial charge in [-0.1, -0.05) is 17.7 Å². The molecule has 0 bridgehead atoms. The number of pyridine rings is 1. The number of nitrogens with one attached hydrogen (secondary N) is 2. The Kier molecular flexibility index (Phi) is 8.44. The van der Waals surface area contributed by atoms with Gasteiger partial charge in [-0.25, -0.2) is 9.59 Å². The van der Waals surface area contributed by atoms with Crippen LogP contribution in [0, 0.1) is 0 Å². The molecule has 0 aliphatic carbocycles. The van der Waals surface area contributed by atoms with E-state index in [0.29, 0.717) is 22.9 Å². The Hall–Kier alpha value is -4.05. The second kappa shape index (κ2) is 11.3. The number of carbonyl (C=O) groups excluding carboxylic acids is 2. The fourth-order valence-electron chi connectivity index (χ4n) is 3.02. The predicted octanol–water partition coefficient (Wildman–Crippen LogP) is 7.55. The van der Waals surface area contributed by atoms with Crippen molar-refractivity contribution in [3.63, 3.8) is 0 Å². The normalized spacial score (nSPS) is 11.8. The lowest BCUT2D eigenvalue weighted by molar-refractivity contribution is -0.148. The summed E-state index contributed by atoms with van der Waals surface area (Å²) in [7, 11) is 0. The highest BCUT2D eigenvalue weighted by atomic mass is 35.5. The van der Waals surface area contributed by atoms with Crippen molar-refractivity contribution in [3.8, 4) is 11.5 Å². The predicted molar refractivity (Wildman–Crippen MR) is 135 cm³/mol. The molecular weight excluding hydrogens is 511 g/mol. The van der Waals surface area contributed by atoms with Crippen LogP contribution in [0.25, 0.3) is 6.08 Å². The van der Waals surface area contributed by atoms with Gasteiger partial charge in [0, 0.05) is 24.0 Å². The van der Waals surface area contributed by atoms with Gasteiger partial charge in [0.25, 0.3) is 0 Å². The molecule has 0 unspecified atom stereocenters. The molecule has 37 heavy (non-hydrogen) atoms. The van der Waals surface area contributed by atoms with Gasteiger partial charge in [0.2, 0.25) is 0 Å². The molecule has 1 heterocycles. The second-order valence-corrected chi connectivity index (χ2v) is 9.06. The Morgan fingerprint density at radius 2 is 1.68 bits per heavy atom. The number of benzene rings is 2. The molecule has 0 radical (unpaired) electrons. The maximum Gasteiger partial charge on any atom is 0.419 e. The molecule has 0 atom stereocenters. The fourth-order valence-corrected chi connectivity index (χ4v) is 3.30. The zero-order valence-corrected chi connectivity index (χ0v) is 20.8. The van der Waals surface area contributed by atoms with Gasteiger partial charge in [0.1, 0.15) is 17.1 Å². The van der Waals surface area contributed by atoms with E-state index in [1.165, 1.54) is 36.5 Å². The average molecular weight is 534 g/mol. The Balaban J connectivity index is 1.61. The van der Waals surface area contributed by atoms with Crippen LogP contribution in [0.1, 0.15) is 32.0 Å². The number of urea groups is 1. The number of rotatable bonds is 6. The topological polar surface area (TPSA) is 89.5 Å². The van der Waals surface area contributed by atoms with Gasteiger partial charge >= 0.3 is 18.2 Å². The molecule has 2 amide bonds. The summed E-state index contributed by atoms with van der Waals surface area (Å²) in [6.07, 6.45) is -0.464. The van der Waals surface area contributed by atoms with Crippen molar-refractivity contribution in [3.05, 3.63) is 83.2 Å². The van der Waals surface area contributed by atoms with Crippen molar-refractivity contribution in [1.82, 2.24) is 4.98 Å². The highest BCUT2D eigenvalue weighted by molar-refractivity contribution is 6.32. The van der Waals surface area contributed by atoms with Crippen molar-refractivity contribution in [2.75, 3.05) is 10.6 Å². The van der Waals surface area contributed by atoms with Crippen LogP contribution in [0.5, 0.6) is 11.5 Å². The van der Waals surface area contributed by atoms with Crippen molar-refractivity contribution in [2.45, 2.75) is 32.5 Å². The van der Waals surface area contributed by atoms with Crippen LogP contribution < -0.4 is 15.4 Å². The van der Waals surface area contributed by atoms with Crippen LogP contribution in [0.2, 0.25) is 5.02 Å². The first-order valence-electron chi connectivity index (χ1n) is 10.9. The molecule has 3 rings (SSSR count). The van der Waals surface area contributed by atoms with Crippen LogP contribution in [0.15, 0.2) is 66.9 Å². The number of hydrogen-bond donors (Lipinski definition) is 2. The third kappa shape index (κ3) is 8.53. The van der Waals surface area contributed by atoms with Gasteiger partial charge in [-0.15, -0.1) is 0 Å². The monoisotopic (exact) mass is 533 g/mol. The van der Waals surface area contributed by atoms with Crippen LogP contribution in [0.3, 0.4) is 0 Å². The number of aromatic nitrogens is 1. The quantitative estimate of drug-likeness (QED) is 0.252. The van der Waals surface area contributed by atoms with Gasteiger partial charge < -0.3 is 20.1 Å². The van der Waals surface area contributed by atoms with Crippen molar-refractivity contribution in [2.24, 2.45) is 0 Å². The van der Waals surface area contributed by atoms with E-state index >= 15 is 0 Å². The third-order valence-corrected chi connectivity index (χ3v) is 4.76. The molecule has 194 valence electrons. The number of hydrogen-bond acceptors (Lipinski definition) is 5. The van der Waals surface area contributed by atoms with E-state index in [0.717, 1.165) is 12.1 Å². The molecule has 1 aromatic heterocycles. The Morgan fingerprint density at radius 1 is 0.973 bits per heavy atom. The lowest BCUT2D eigenvalue weighted by Crippen LogP contribution is -2.22. The van der Waals surface area contributed by atoms with Crippen molar-refractivity contribution in [1.29, 1.82) is 0 Å². The molecule has 0 fully saturated rings. The van der Waals surface area contributed by atoms with E-state index in [1.807, 2.05) is 0 Å². The number of alkyl halides is 3. The third-order valence-electron chi connectivity index (χ3n) is 4.44. The summed E-state index contributed by atoms with van der Waals surface area (Å²) in [5.41, 5.74) is -1.42. The van der Waals surface area contributed by atoms with E-state index in [-0.39, 0.29) is 0 Å². The Bertz CT molecular complexity index is 1300. The minimum absolute atomic E-state index is 0.316. The maximum absolute atomic E-state index is 13.3. The van der Waals surface area contributed by atoms with Gasteiger partial charge in [-0.05, 0) is 69.3 Å². The fraction of sp³-hybridized carbons (Fsp3) is 0.192. The lowest BCUT2D eigenvalue weighted by atomic mass is 10.1. The highest BCUT2D eigenvalue weighted by Gasteiger charge is 2.36. The summed E-state index contributed by atoms with van der Waals surface area (Å²) in [5, 5.41) is 4.10. The SMILES string of the molecule is CC(C)(C)OC(=O)/C=C/c1cc(Oc2ccc(NC(=O)Nc3cccc(Cl)c3C(F)(F)F)cc2)ccn1. The maximum atomic E-state index is 13.3. The van der Waals surface area contributed by atoms with E-state index in [2.05, 4.69) is 15.6 Å². The summed E-state index contributed by atoms with van der Waals surface area (Å²) >= 11 is 5.67. The van der Waals surface area contributed by atoms with Gasteiger partial charge in [0.05, 0.1) is 22.0 Å². The van der Waals surface area contributed by atoms with Crippen molar-refractivity contribution < 1.29 is 32.2 Å². The first-order valence-corrected chi connectivity index (χ1v) is 11.3. The zero-order valence-electron chi connectivity index (χ0n) is 20.0. The number of amides is 2. The Morgan fingerprint density at radius 3 is 2.32 bits per heavy atom. The number of halogens is 4. The van der Waals surface area contributed by atoms with Crippen LogP contribution in [0.4, 0.5) is 29.3 Å². The number of nitrogens with zero attached hydrogens (tertiary/aromatic N) is 1. The molecule has 0 aliphatic rings. The molecule has 0 saturated heterocycles. The molecular formula is C26H23ClF3N3O4. The molecule has 0 saturated carbocycles. The molecule has 3 aromatic rings. The van der Waals surface area contributed by atoms with Crippen molar-refractivity contribution >= 4 is 41.1 Å². The van der Waals surface area contributed by atoms with Crippen LogP contribution in [-0.2, 0) is 15.7 Å². The number of ether oxygens (including phenoxy) is 2. The average Bonchev–Trinajstić information content (AvgIpc) is 2.77. The molecule has 7 nitrogen and oxygen atoms in total. The Labute approximate surface area is 216 Å². The van der Waals surface area contributed by atoms with E-state index < -0.39 is 40.1 Å². The van der Waals surface area contributed by atoms with Gasteiger partial charge in [-0.3, -0.25) is 4.98 Å². The second-order valence-electron chi connectivity index (χ2n) is 8.65. The summed E-state index contributed by atoms with van der Waals surface area (Å²) in [5.74, 6) is 0.365. The smallest absolute Gasteiger partial charge is 0.419 e.